The lowest BCUT2D eigenvalue weighted by atomic mass is 10.1. The fraction of sp³-hybridized carbons (Fsp3) is 0.235. The Morgan fingerprint density at radius 3 is 2.71 bits per heavy atom. The second kappa shape index (κ2) is 6.26. The van der Waals surface area contributed by atoms with E-state index in [1.54, 1.807) is 43.4 Å². The lowest BCUT2D eigenvalue weighted by molar-refractivity contribution is -0.117. The number of para-hydroxylation sites is 1. The Morgan fingerprint density at radius 1 is 1.21 bits per heavy atom. The Kier molecular flexibility index (Phi) is 4.29. The largest absolute Gasteiger partial charge is 0.508 e. The van der Waals surface area contributed by atoms with Crippen LogP contribution in [0.1, 0.15) is 11.1 Å². The minimum atomic E-state index is -3.66. The topological polar surface area (TPSA) is 86.7 Å². The van der Waals surface area contributed by atoms with E-state index in [0.29, 0.717) is 17.5 Å². The molecule has 0 aromatic heterocycles. The number of phenolic OH excluding ortho intramolecular Hbond substituents is 1. The highest BCUT2D eigenvalue weighted by molar-refractivity contribution is 7.89. The summed E-state index contributed by atoms with van der Waals surface area (Å²) in [7, 11) is -1.99. The first-order valence-corrected chi connectivity index (χ1v) is 9.03. The number of carbonyl (C=O) groups excluding carboxylic acids is 1. The smallest absolute Gasteiger partial charge is 0.240 e. The van der Waals surface area contributed by atoms with Crippen LogP contribution < -0.4 is 9.62 Å². The fourth-order valence-corrected chi connectivity index (χ4v) is 3.82. The first kappa shape index (κ1) is 16.5. The Bertz CT molecular complexity index is 893. The summed E-state index contributed by atoms with van der Waals surface area (Å²) < 4.78 is 27.3. The maximum absolute atomic E-state index is 12.4. The van der Waals surface area contributed by atoms with Crippen LogP contribution in [-0.4, -0.2) is 33.0 Å². The van der Waals surface area contributed by atoms with Gasteiger partial charge in [0.05, 0.1) is 11.3 Å². The molecule has 2 N–H and O–H groups in total. The van der Waals surface area contributed by atoms with Crippen molar-refractivity contribution < 1.29 is 18.3 Å². The van der Waals surface area contributed by atoms with Crippen LogP contribution in [0.3, 0.4) is 0 Å². The van der Waals surface area contributed by atoms with Crippen molar-refractivity contribution in [2.24, 2.45) is 0 Å². The molecule has 0 unspecified atom stereocenters. The lowest BCUT2D eigenvalue weighted by Crippen LogP contribution is -2.26. The Labute approximate surface area is 140 Å². The highest BCUT2D eigenvalue weighted by Crippen LogP contribution is 2.29. The zero-order chi connectivity index (χ0) is 17.3. The average Bonchev–Trinajstić information content (AvgIpc) is 2.83. The zero-order valence-electron chi connectivity index (χ0n) is 13.2. The number of benzene rings is 2. The maximum Gasteiger partial charge on any atom is 0.240 e. The molecule has 0 radical (unpaired) electrons. The van der Waals surface area contributed by atoms with Crippen LogP contribution in [0.2, 0.25) is 0 Å². The van der Waals surface area contributed by atoms with Gasteiger partial charge < -0.3 is 10.0 Å². The first-order chi connectivity index (χ1) is 11.4. The number of rotatable bonds is 5. The summed E-state index contributed by atoms with van der Waals surface area (Å²) in [5.41, 5.74) is 2.14. The number of anilines is 1. The van der Waals surface area contributed by atoms with Gasteiger partial charge in [0.1, 0.15) is 5.75 Å². The third-order valence-electron chi connectivity index (χ3n) is 4.12. The average molecular weight is 346 g/mol. The van der Waals surface area contributed by atoms with Crippen LogP contribution in [0.5, 0.6) is 5.75 Å². The van der Waals surface area contributed by atoms with Crippen molar-refractivity contribution in [2.75, 3.05) is 18.5 Å². The van der Waals surface area contributed by atoms with Gasteiger partial charge in [0, 0.05) is 19.3 Å². The minimum absolute atomic E-state index is 0.0490. The van der Waals surface area contributed by atoms with Crippen molar-refractivity contribution in [1.29, 1.82) is 0 Å². The summed E-state index contributed by atoms with van der Waals surface area (Å²) in [5.74, 6) is 0.0999. The predicted octanol–water partition coefficient (Wildman–Crippen LogP) is 1.43. The number of fused-ring (bicyclic) bond motifs is 1. The standard InChI is InChI=1S/C17H18N2O4S/c1-19-15-7-6-14(10-13(15)11-17(19)21)24(22,23)18-9-8-12-4-2-3-5-16(12)20/h2-7,10,18,20H,8-9,11H2,1H3. The van der Waals surface area contributed by atoms with Gasteiger partial charge in [-0.25, -0.2) is 13.1 Å². The van der Waals surface area contributed by atoms with E-state index < -0.39 is 10.0 Å². The quantitative estimate of drug-likeness (QED) is 0.857. The van der Waals surface area contributed by atoms with Gasteiger partial charge in [0.15, 0.2) is 0 Å². The van der Waals surface area contributed by atoms with Crippen LogP contribution in [0, 0.1) is 0 Å². The number of nitrogens with zero attached hydrogens (tertiary/aromatic N) is 1. The normalized spacial score (nSPS) is 14.0. The summed E-state index contributed by atoms with van der Waals surface area (Å²) in [6.07, 6.45) is 0.602. The molecule has 2 aromatic rings. The second-order valence-corrected chi connectivity index (χ2v) is 7.46. The number of amides is 1. The zero-order valence-corrected chi connectivity index (χ0v) is 14.0. The summed E-state index contributed by atoms with van der Waals surface area (Å²) >= 11 is 0. The molecule has 1 amide bonds. The third-order valence-corrected chi connectivity index (χ3v) is 5.58. The van der Waals surface area contributed by atoms with Crippen molar-refractivity contribution in [3.05, 3.63) is 53.6 Å². The van der Waals surface area contributed by atoms with Crippen molar-refractivity contribution >= 4 is 21.6 Å². The number of carbonyl (C=O) groups is 1. The Morgan fingerprint density at radius 2 is 1.96 bits per heavy atom. The molecule has 1 heterocycles. The SMILES string of the molecule is CN1C(=O)Cc2cc(S(=O)(=O)NCCc3ccccc3O)ccc21. The van der Waals surface area contributed by atoms with Gasteiger partial charge in [0.25, 0.3) is 0 Å². The summed E-state index contributed by atoms with van der Waals surface area (Å²) in [4.78, 5) is 13.4. The fourth-order valence-electron chi connectivity index (χ4n) is 2.74. The maximum atomic E-state index is 12.4. The van der Waals surface area contributed by atoms with E-state index in [0.717, 1.165) is 5.69 Å². The number of sulfonamides is 1. The second-order valence-electron chi connectivity index (χ2n) is 5.70. The van der Waals surface area contributed by atoms with E-state index in [9.17, 15) is 18.3 Å². The summed E-state index contributed by atoms with van der Waals surface area (Å²) in [6, 6.07) is 11.5. The lowest BCUT2D eigenvalue weighted by Gasteiger charge is -2.11. The molecular weight excluding hydrogens is 328 g/mol. The number of hydrogen-bond acceptors (Lipinski definition) is 4. The van der Waals surface area contributed by atoms with Crippen LogP contribution in [0.25, 0.3) is 0 Å². The monoisotopic (exact) mass is 346 g/mol. The Balaban J connectivity index is 1.71. The van der Waals surface area contributed by atoms with Crippen molar-refractivity contribution in [1.82, 2.24) is 4.72 Å². The van der Waals surface area contributed by atoms with Crippen LogP contribution in [0.4, 0.5) is 5.69 Å². The summed E-state index contributed by atoms with van der Waals surface area (Å²) in [6.45, 7) is 0.176. The van der Waals surface area contributed by atoms with Gasteiger partial charge in [-0.15, -0.1) is 0 Å². The number of likely N-dealkylation sites (N-methyl/N-ethyl adjacent to an activating group) is 1. The summed E-state index contributed by atoms with van der Waals surface area (Å²) in [5, 5.41) is 9.70. The Hall–Kier alpha value is -2.38. The molecule has 0 saturated heterocycles. The molecular formula is C17H18N2O4S. The predicted molar refractivity (Wildman–Crippen MR) is 90.6 cm³/mol. The van der Waals surface area contributed by atoms with E-state index >= 15 is 0 Å². The molecule has 24 heavy (non-hydrogen) atoms. The van der Waals surface area contributed by atoms with Crippen LogP contribution in [-0.2, 0) is 27.7 Å². The molecule has 1 aliphatic heterocycles. The molecule has 3 rings (SSSR count). The minimum Gasteiger partial charge on any atom is -0.508 e. The molecule has 7 heteroatoms. The molecule has 0 fully saturated rings. The van der Waals surface area contributed by atoms with Gasteiger partial charge in [-0.3, -0.25) is 4.79 Å². The molecule has 0 atom stereocenters. The van der Waals surface area contributed by atoms with E-state index in [-0.39, 0.29) is 29.5 Å². The molecule has 2 aromatic carbocycles. The first-order valence-electron chi connectivity index (χ1n) is 7.54. The highest BCUT2D eigenvalue weighted by atomic mass is 32.2. The van der Waals surface area contributed by atoms with E-state index in [4.69, 9.17) is 0 Å². The molecule has 0 saturated carbocycles. The number of aromatic hydroxyl groups is 1. The molecule has 0 spiro atoms. The van der Waals surface area contributed by atoms with Crippen molar-refractivity contribution in [2.45, 2.75) is 17.7 Å². The van der Waals surface area contributed by atoms with Gasteiger partial charge in [-0.1, -0.05) is 18.2 Å². The van der Waals surface area contributed by atoms with Crippen LogP contribution in [0.15, 0.2) is 47.4 Å². The van der Waals surface area contributed by atoms with E-state index in [1.807, 2.05) is 0 Å². The molecule has 6 nitrogen and oxygen atoms in total. The number of phenols is 1. The number of hydrogen-bond donors (Lipinski definition) is 2. The molecule has 0 aliphatic carbocycles. The highest BCUT2D eigenvalue weighted by Gasteiger charge is 2.26. The van der Waals surface area contributed by atoms with Crippen molar-refractivity contribution in [3.8, 4) is 5.75 Å². The van der Waals surface area contributed by atoms with Crippen molar-refractivity contribution in [3.63, 3.8) is 0 Å². The van der Waals surface area contributed by atoms with E-state index in [1.165, 1.54) is 11.0 Å². The molecule has 1 aliphatic rings. The van der Waals surface area contributed by atoms with Gasteiger partial charge in [0.2, 0.25) is 15.9 Å². The third kappa shape index (κ3) is 3.13. The van der Waals surface area contributed by atoms with Gasteiger partial charge >= 0.3 is 0 Å². The molecule has 0 bridgehead atoms. The van der Waals surface area contributed by atoms with Crippen LogP contribution >= 0.6 is 0 Å². The number of nitrogens with one attached hydrogen (secondary N) is 1. The van der Waals surface area contributed by atoms with Gasteiger partial charge in [-0.05, 0) is 41.8 Å². The molecule has 126 valence electrons. The van der Waals surface area contributed by atoms with E-state index in [2.05, 4.69) is 4.72 Å². The van der Waals surface area contributed by atoms with Gasteiger partial charge in [-0.2, -0.15) is 0 Å².